The summed E-state index contributed by atoms with van der Waals surface area (Å²) in [6.45, 7) is 1.85. The summed E-state index contributed by atoms with van der Waals surface area (Å²) in [5.74, 6) is 0.229. The number of carbonyl (C=O) groups is 1. The average molecular weight is 449 g/mol. The number of hydrogen-bond acceptors (Lipinski definition) is 4. The van der Waals surface area contributed by atoms with Crippen molar-refractivity contribution in [3.8, 4) is 0 Å². The highest BCUT2D eigenvalue weighted by Crippen LogP contribution is 2.40. The Kier molecular flexibility index (Phi) is 4.82. The normalized spacial score (nSPS) is 14.7. The minimum Gasteiger partial charge on any atom is -0.267 e. The van der Waals surface area contributed by atoms with E-state index in [-0.39, 0.29) is 5.91 Å². The highest BCUT2D eigenvalue weighted by molar-refractivity contribution is 9.10. The minimum atomic E-state index is -0.237. The van der Waals surface area contributed by atoms with Crippen LogP contribution in [-0.4, -0.2) is 16.6 Å². The molecule has 4 rings (SSSR count). The van der Waals surface area contributed by atoms with E-state index < -0.39 is 0 Å². The van der Waals surface area contributed by atoms with Crippen LogP contribution in [0.25, 0.3) is 10.9 Å². The van der Waals surface area contributed by atoms with E-state index in [9.17, 15) is 4.79 Å². The maximum Gasteiger partial charge on any atom is 0.272 e. The van der Waals surface area contributed by atoms with Crippen molar-refractivity contribution in [3.05, 3.63) is 61.3 Å². The third-order valence-corrected chi connectivity index (χ3v) is 6.12. The van der Waals surface area contributed by atoms with Crippen molar-refractivity contribution in [2.45, 2.75) is 25.7 Å². The predicted octanol–water partition coefficient (Wildman–Crippen LogP) is 5.74. The van der Waals surface area contributed by atoms with Gasteiger partial charge in [-0.05, 0) is 56.2 Å². The van der Waals surface area contributed by atoms with Crippen LogP contribution in [-0.2, 0) is 0 Å². The van der Waals surface area contributed by atoms with Crippen molar-refractivity contribution in [1.29, 1.82) is 0 Å². The van der Waals surface area contributed by atoms with Gasteiger partial charge >= 0.3 is 0 Å². The van der Waals surface area contributed by atoms with E-state index in [1.54, 1.807) is 0 Å². The van der Waals surface area contributed by atoms with Crippen molar-refractivity contribution in [1.82, 2.24) is 10.4 Å². The van der Waals surface area contributed by atoms with Crippen LogP contribution in [0.5, 0.6) is 0 Å². The zero-order valence-electron chi connectivity index (χ0n) is 13.9. The lowest BCUT2D eigenvalue weighted by Gasteiger charge is -2.09. The van der Waals surface area contributed by atoms with Gasteiger partial charge in [-0.25, -0.2) is 5.43 Å². The van der Waals surface area contributed by atoms with Crippen molar-refractivity contribution >= 4 is 61.4 Å². The zero-order valence-corrected chi connectivity index (χ0v) is 17.1. The first-order valence-electron chi connectivity index (χ1n) is 8.22. The van der Waals surface area contributed by atoms with Crippen LogP contribution in [0.3, 0.4) is 0 Å². The molecule has 1 aromatic carbocycles. The molecular formula is C19H15BrClN3OS. The van der Waals surface area contributed by atoms with Crippen molar-refractivity contribution < 1.29 is 4.79 Å². The van der Waals surface area contributed by atoms with Crippen LogP contribution in [0, 0.1) is 0 Å². The molecule has 26 heavy (non-hydrogen) atoms. The van der Waals surface area contributed by atoms with Crippen LogP contribution in [0.2, 0.25) is 4.34 Å². The van der Waals surface area contributed by atoms with Gasteiger partial charge in [0.25, 0.3) is 5.91 Å². The third-order valence-electron chi connectivity index (χ3n) is 4.29. The van der Waals surface area contributed by atoms with Crippen LogP contribution in [0.1, 0.15) is 46.6 Å². The smallest absolute Gasteiger partial charge is 0.267 e. The maximum atomic E-state index is 12.8. The topological polar surface area (TPSA) is 54.4 Å². The molecule has 1 fully saturated rings. The molecule has 1 N–H and O–H groups in total. The van der Waals surface area contributed by atoms with E-state index >= 15 is 0 Å². The predicted molar refractivity (Wildman–Crippen MR) is 110 cm³/mol. The molecule has 7 heteroatoms. The molecule has 0 radical (unpaired) electrons. The first-order chi connectivity index (χ1) is 12.5. The Morgan fingerprint density at radius 2 is 2.12 bits per heavy atom. The zero-order chi connectivity index (χ0) is 18.3. The van der Waals surface area contributed by atoms with E-state index in [0.717, 1.165) is 44.5 Å². The van der Waals surface area contributed by atoms with Crippen LogP contribution >= 0.6 is 38.9 Å². The van der Waals surface area contributed by atoms with Crippen LogP contribution in [0.4, 0.5) is 0 Å². The summed E-state index contributed by atoms with van der Waals surface area (Å²) in [6, 6.07) is 11.4. The number of rotatable bonds is 4. The Morgan fingerprint density at radius 1 is 1.31 bits per heavy atom. The monoisotopic (exact) mass is 447 g/mol. The van der Waals surface area contributed by atoms with Gasteiger partial charge in [0, 0.05) is 21.5 Å². The molecule has 2 aromatic heterocycles. The minimum absolute atomic E-state index is 0.237. The highest BCUT2D eigenvalue weighted by atomic mass is 79.9. The molecule has 0 saturated heterocycles. The fourth-order valence-electron chi connectivity index (χ4n) is 2.75. The van der Waals surface area contributed by atoms with E-state index in [4.69, 9.17) is 16.6 Å². The van der Waals surface area contributed by atoms with Gasteiger partial charge < -0.3 is 0 Å². The molecule has 2 heterocycles. The van der Waals surface area contributed by atoms with E-state index in [2.05, 4.69) is 26.5 Å². The summed E-state index contributed by atoms with van der Waals surface area (Å²) < 4.78 is 1.60. The van der Waals surface area contributed by atoms with Gasteiger partial charge in [0.1, 0.15) is 0 Å². The molecule has 0 unspecified atom stereocenters. The number of thiophene rings is 1. The van der Waals surface area contributed by atoms with Gasteiger partial charge in [0.15, 0.2) is 0 Å². The largest absolute Gasteiger partial charge is 0.272 e. The first-order valence-corrected chi connectivity index (χ1v) is 10.2. The number of hydrogen-bond donors (Lipinski definition) is 1. The lowest BCUT2D eigenvalue weighted by Crippen LogP contribution is -2.20. The fourth-order valence-corrected chi connectivity index (χ4v) is 4.10. The first kappa shape index (κ1) is 17.6. The van der Waals surface area contributed by atoms with Crippen LogP contribution < -0.4 is 5.43 Å². The molecule has 0 aliphatic heterocycles. The molecule has 0 bridgehead atoms. The second kappa shape index (κ2) is 7.10. The lowest BCUT2D eigenvalue weighted by atomic mass is 10.1. The van der Waals surface area contributed by atoms with E-state index in [1.807, 2.05) is 43.3 Å². The second-order valence-corrected chi connectivity index (χ2v) is 8.90. The number of carbonyl (C=O) groups excluding carboxylic acids is 1. The van der Waals surface area contributed by atoms with E-state index in [0.29, 0.717) is 15.8 Å². The Morgan fingerprint density at radius 3 is 2.81 bits per heavy atom. The van der Waals surface area contributed by atoms with Gasteiger partial charge in [-0.2, -0.15) is 5.10 Å². The summed E-state index contributed by atoms with van der Waals surface area (Å²) in [4.78, 5) is 18.5. The summed E-state index contributed by atoms with van der Waals surface area (Å²) in [5.41, 5.74) is 5.80. The fraction of sp³-hybridized carbons (Fsp3) is 0.211. The maximum absolute atomic E-state index is 12.8. The Balaban J connectivity index is 1.68. The van der Waals surface area contributed by atoms with Gasteiger partial charge in [-0.3, -0.25) is 9.78 Å². The van der Waals surface area contributed by atoms with Gasteiger partial charge in [0.2, 0.25) is 0 Å². The molecule has 1 saturated carbocycles. The quantitative estimate of drug-likeness (QED) is 0.408. The SMILES string of the molecule is C/C(=N\NC(=O)c1cc(C2CC2)nc2ccc(Br)cc12)c1ccc(Cl)s1. The van der Waals surface area contributed by atoms with Crippen molar-refractivity contribution in [2.75, 3.05) is 0 Å². The van der Waals surface area contributed by atoms with Gasteiger partial charge in [-0.15, -0.1) is 11.3 Å². The van der Waals surface area contributed by atoms with Crippen molar-refractivity contribution in [2.24, 2.45) is 5.10 Å². The van der Waals surface area contributed by atoms with E-state index in [1.165, 1.54) is 11.3 Å². The number of amides is 1. The number of nitrogens with one attached hydrogen (secondary N) is 1. The molecule has 1 amide bonds. The number of nitrogens with zero attached hydrogens (tertiary/aromatic N) is 2. The summed E-state index contributed by atoms with van der Waals surface area (Å²) in [6.07, 6.45) is 2.26. The third kappa shape index (κ3) is 3.68. The summed E-state index contributed by atoms with van der Waals surface area (Å²) in [7, 11) is 0. The Labute approximate surface area is 168 Å². The molecule has 4 nitrogen and oxygen atoms in total. The van der Waals surface area contributed by atoms with Gasteiger partial charge in [-0.1, -0.05) is 27.5 Å². The highest BCUT2D eigenvalue weighted by Gasteiger charge is 2.27. The Hall–Kier alpha value is -1.76. The molecule has 1 aliphatic carbocycles. The molecular weight excluding hydrogens is 434 g/mol. The Bertz CT molecular complexity index is 1040. The molecule has 3 aromatic rings. The van der Waals surface area contributed by atoms with Crippen molar-refractivity contribution in [3.63, 3.8) is 0 Å². The number of pyridine rings is 1. The number of halogens is 2. The number of aromatic nitrogens is 1. The molecule has 132 valence electrons. The molecule has 0 atom stereocenters. The number of fused-ring (bicyclic) bond motifs is 1. The van der Waals surface area contributed by atoms with Gasteiger partial charge in [0.05, 0.1) is 26.0 Å². The standard InChI is InChI=1S/C19H15BrClN3OS/c1-10(17-6-7-18(21)26-17)23-24-19(25)14-9-16(11-2-3-11)22-15-5-4-12(20)8-13(14)15/h4-9,11H,2-3H2,1H3,(H,24,25)/b23-10+. The summed E-state index contributed by atoms with van der Waals surface area (Å²) in [5, 5.41) is 5.05. The second-order valence-electron chi connectivity index (χ2n) is 6.27. The molecule has 0 spiro atoms. The average Bonchev–Trinajstić information content (AvgIpc) is 3.39. The lowest BCUT2D eigenvalue weighted by molar-refractivity contribution is 0.0956. The van der Waals surface area contributed by atoms with Crippen LogP contribution in [0.15, 0.2) is 46.0 Å². The number of benzene rings is 1. The molecule has 1 aliphatic rings. The summed E-state index contributed by atoms with van der Waals surface area (Å²) >= 11 is 10.9. The number of hydrazone groups is 1.